The van der Waals surface area contributed by atoms with Gasteiger partial charge in [-0.2, -0.15) is 0 Å². The number of ether oxygens (including phenoxy) is 1. The highest BCUT2D eigenvalue weighted by Crippen LogP contribution is 2.13. The minimum atomic E-state index is -3.32. The summed E-state index contributed by atoms with van der Waals surface area (Å²) in [6, 6.07) is 15.3. The van der Waals surface area contributed by atoms with Crippen LogP contribution in [0, 0.1) is 0 Å². The Morgan fingerprint density at radius 1 is 1.03 bits per heavy atom. The molecule has 3 N–H and O–H groups in total. The highest BCUT2D eigenvalue weighted by atomic mass is 127. The molecule has 0 heterocycles. The molecule has 31 heavy (non-hydrogen) atoms. The third-order valence-electron chi connectivity index (χ3n) is 4.15. The lowest BCUT2D eigenvalue weighted by Gasteiger charge is -2.12. The van der Waals surface area contributed by atoms with Crippen LogP contribution in [-0.4, -0.2) is 34.1 Å². The number of hydrogen-bond acceptors (Lipinski definition) is 4. The molecule has 0 fully saturated rings. The first-order valence-electron chi connectivity index (χ1n) is 10.0. The third-order valence-corrected chi connectivity index (χ3v) is 5.70. The van der Waals surface area contributed by atoms with Crippen molar-refractivity contribution in [3.05, 3.63) is 65.2 Å². The summed E-state index contributed by atoms with van der Waals surface area (Å²) in [6.45, 7) is 7.51. The second-order valence-electron chi connectivity index (χ2n) is 7.25. The maximum atomic E-state index is 12.1. The van der Waals surface area contributed by atoms with E-state index in [1.165, 1.54) is 0 Å². The number of hydrogen-bond donors (Lipinski definition) is 3. The molecular formula is C22H33IN4O3S. The highest BCUT2D eigenvalue weighted by Gasteiger charge is 2.12. The summed E-state index contributed by atoms with van der Waals surface area (Å²) in [5, 5.41) is 6.54. The molecule has 2 aromatic carbocycles. The first-order valence-corrected chi connectivity index (χ1v) is 11.7. The lowest BCUT2D eigenvalue weighted by Crippen LogP contribution is -2.36. The fourth-order valence-corrected chi connectivity index (χ4v) is 4.28. The third kappa shape index (κ3) is 10.3. The molecule has 0 spiro atoms. The Bertz CT molecular complexity index is 932. The average molecular weight is 561 g/mol. The molecule has 2 aromatic rings. The van der Waals surface area contributed by atoms with E-state index in [2.05, 4.69) is 20.3 Å². The number of halogens is 1. The van der Waals surface area contributed by atoms with Crippen molar-refractivity contribution >= 4 is 40.0 Å². The number of methoxy groups -OCH3 is 1. The van der Waals surface area contributed by atoms with Gasteiger partial charge in [-0.05, 0) is 49.6 Å². The Labute approximate surface area is 203 Å². The molecule has 0 aliphatic rings. The van der Waals surface area contributed by atoms with E-state index in [-0.39, 0.29) is 35.8 Å². The van der Waals surface area contributed by atoms with Gasteiger partial charge in [0.25, 0.3) is 0 Å². The quantitative estimate of drug-likeness (QED) is 0.236. The van der Waals surface area contributed by atoms with Gasteiger partial charge < -0.3 is 15.4 Å². The van der Waals surface area contributed by atoms with E-state index in [1.54, 1.807) is 7.11 Å². The van der Waals surface area contributed by atoms with Gasteiger partial charge in [0.05, 0.1) is 19.4 Å². The number of benzene rings is 2. The molecule has 0 unspecified atom stereocenters. The van der Waals surface area contributed by atoms with Crippen LogP contribution < -0.4 is 20.1 Å². The predicted molar refractivity (Wildman–Crippen MR) is 137 cm³/mol. The summed E-state index contributed by atoms with van der Waals surface area (Å²) in [5.41, 5.74) is 2.86. The van der Waals surface area contributed by atoms with E-state index in [0.29, 0.717) is 19.0 Å². The van der Waals surface area contributed by atoms with Crippen molar-refractivity contribution in [3.63, 3.8) is 0 Å². The first-order chi connectivity index (χ1) is 14.3. The van der Waals surface area contributed by atoms with Crippen molar-refractivity contribution in [2.75, 3.05) is 13.7 Å². The van der Waals surface area contributed by atoms with Gasteiger partial charge in [0.2, 0.25) is 10.0 Å². The molecule has 0 bridgehead atoms. The van der Waals surface area contributed by atoms with E-state index in [0.717, 1.165) is 29.0 Å². The van der Waals surface area contributed by atoms with Gasteiger partial charge in [-0.15, -0.1) is 24.0 Å². The topological polar surface area (TPSA) is 91.8 Å². The van der Waals surface area contributed by atoms with Crippen molar-refractivity contribution in [1.29, 1.82) is 0 Å². The Balaban J connectivity index is 0.00000480. The molecule has 7 nitrogen and oxygen atoms in total. The molecule has 0 atom stereocenters. The summed E-state index contributed by atoms with van der Waals surface area (Å²) in [7, 11) is -1.67. The van der Waals surface area contributed by atoms with Gasteiger partial charge in [0.1, 0.15) is 5.75 Å². The summed E-state index contributed by atoms with van der Waals surface area (Å²) < 4.78 is 32.0. The van der Waals surface area contributed by atoms with Crippen molar-refractivity contribution in [1.82, 2.24) is 15.4 Å². The zero-order chi connectivity index (χ0) is 22.0. The van der Waals surface area contributed by atoms with Crippen LogP contribution in [0.25, 0.3) is 0 Å². The van der Waals surface area contributed by atoms with E-state index in [4.69, 9.17) is 4.74 Å². The lowest BCUT2D eigenvalue weighted by atomic mass is 10.1. The van der Waals surface area contributed by atoms with Gasteiger partial charge in [-0.1, -0.05) is 36.4 Å². The van der Waals surface area contributed by atoms with Crippen LogP contribution in [0.3, 0.4) is 0 Å². The van der Waals surface area contributed by atoms with Crippen molar-refractivity contribution in [2.24, 2.45) is 4.99 Å². The number of sulfonamides is 1. The molecule has 172 valence electrons. The monoisotopic (exact) mass is 560 g/mol. The average Bonchev–Trinajstić information content (AvgIpc) is 2.70. The number of nitrogens with one attached hydrogen (secondary N) is 3. The normalized spacial score (nSPS) is 11.7. The molecule has 0 aromatic heterocycles. The summed E-state index contributed by atoms with van der Waals surface area (Å²) in [4.78, 5) is 4.62. The van der Waals surface area contributed by atoms with Gasteiger partial charge in [-0.3, -0.25) is 0 Å². The zero-order valence-corrected chi connectivity index (χ0v) is 21.7. The summed E-state index contributed by atoms with van der Waals surface area (Å²) in [5.74, 6) is 1.50. The summed E-state index contributed by atoms with van der Waals surface area (Å²) in [6.07, 6.45) is 0. The Morgan fingerprint density at radius 2 is 1.71 bits per heavy atom. The van der Waals surface area contributed by atoms with Gasteiger partial charge in [0, 0.05) is 19.1 Å². The highest BCUT2D eigenvalue weighted by molar-refractivity contribution is 14.0. The van der Waals surface area contributed by atoms with Crippen LogP contribution >= 0.6 is 24.0 Å². The number of nitrogens with zero attached hydrogens (tertiary/aromatic N) is 1. The van der Waals surface area contributed by atoms with E-state index >= 15 is 0 Å². The van der Waals surface area contributed by atoms with Crippen LogP contribution in [0.5, 0.6) is 5.75 Å². The Hall–Kier alpha value is -1.85. The van der Waals surface area contributed by atoms with Crippen LogP contribution in [0.15, 0.2) is 53.5 Å². The number of guanidine groups is 1. The fourth-order valence-electron chi connectivity index (χ4n) is 2.84. The largest absolute Gasteiger partial charge is 0.497 e. The van der Waals surface area contributed by atoms with Crippen LogP contribution in [0.2, 0.25) is 0 Å². The SMILES string of the molecule is CCNC(=NCc1cccc(OC)c1)NCc1ccc(CS(=O)(=O)NC(C)C)cc1.I. The molecule has 9 heteroatoms. The molecule has 0 aliphatic heterocycles. The predicted octanol–water partition coefficient (Wildman–Crippen LogP) is 3.40. The van der Waals surface area contributed by atoms with Gasteiger partial charge in [0.15, 0.2) is 5.96 Å². The van der Waals surface area contributed by atoms with Crippen LogP contribution in [0.4, 0.5) is 0 Å². The van der Waals surface area contributed by atoms with Crippen LogP contribution in [0.1, 0.15) is 37.5 Å². The number of rotatable bonds is 10. The molecular weight excluding hydrogens is 527 g/mol. The van der Waals surface area contributed by atoms with E-state index in [1.807, 2.05) is 69.3 Å². The summed E-state index contributed by atoms with van der Waals surface area (Å²) >= 11 is 0. The van der Waals surface area contributed by atoms with Crippen molar-refractivity contribution in [2.45, 2.75) is 45.7 Å². The molecule has 0 saturated carbocycles. The van der Waals surface area contributed by atoms with E-state index in [9.17, 15) is 8.42 Å². The molecule has 0 aliphatic carbocycles. The Kier molecular flexibility index (Phi) is 11.9. The standard InChI is InChI=1S/C22H32N4O3S.HI/c1-5-23-22(25-15-20-7-6-8-21(13-20)29-4)24-14-18-9-11-19(12-10-18)16-30(27,28)26-17(2)3;/h6-13,17,26H,5,14-16H2,1-4H3,(H2,23,24,25);1H. The molecule has 0 saturated heterocycles. The van der Waals surface area contributed by atoms with Gasteiger partial charge >= 0.3 is 0 Å². The number of aliphatic imine (C=N–C) groups is 1. The maximum absolute atomic E-state index is 12.1. The fraction of sp³-hybridized carbons (Fsp3) is 0.409. The molecule has 0 radical (unpaired) electrons. The first kappa shape index (κ1) is 27.2. The second kappa shape index (κ2) is 13.5. The minimum Gasteiger partial charge on any atom is -0.497 e. The molecule has 2 rings (SSSR count). The second-order valence-corrected chi connectivity index (χ2v) is 9.00. The van der Waals surface area contributed by atoms with Crippen LogP contribution in [-0.2, 0) is 28.9 Å². The van der Waals surface area contributed by atoms with Crippen molar-refractivity contribution in [3.8, 4) is 5.75 Å². The lowest BCUT2D eigenvalue weighted by molar-refractivity contribution is 0.414. The minimum absolute atomic E-state index is 0. The maximum Gasteiger partial charge on any atom is 0.216 e. The van der Waals surface area contributed by atoms with Gasteiger partial charge in [-0.25, -0.2) is 18.1 Å². The molecule has 0 amide bonds. The van der Waals surface area contributed by atoms with Crippen molar-refractivity contribution < 1.29 is 13.2 Å². The Morgan fingerprint density at radius 3 is 2.32 bits per heavy atom. The smallest absolute Gasteiger partial charge is 0.216 e. The van der Waals surface area contributed by atoms with E-state index < -0.39 is 10.0 Å². The zero-order valence-electron chi connectivity index (χ0n) is 18.5.